The normalized spacial score (nSPS) is 12.8. The van der Waals surface area contributed by atoms with Crippen LogP contribution in [-0.4, -0.2) is 9.13 Å². The van der Waals surface area contributed by atoms with Crippen molar-refractivity contribution in [1.82, 2.24) is 9.13 Å². The van der Waals surface area contributed by atoms with Crippen molar-refractivity contribution in [1.29, 1.82) is 5.26 Å². The van der Waals surface area contributed by atoms with Crippen LogP contribution in [-0.2, 0) is 0 Å². The van der Waals surface area contributed by atoms with Crippen LogP contribution in [0.25, 0.3) is 167 Å². The zero-order valence-corrected chi connectivity index (χ0v) is 44.4. The Kier molecular flexibility index (Phi) is 8.77. The molecule has 7 heteroatoms. The number of hydrogen-bond acceptors (Lipinski definition) is 4. The zero-order valence-electron chi connectivity index (χ0n) is 47.7. The molecule has 0 radical (unpaired) electrons. The lowest BCUT2D eigenvalue weighted by atomic mass is 9.88. The summed E-state index contributed by atoms with van der Waals surface area (Å²) in [5.41, 5.74) is 12.2. The Hall–Kier alpha value is -10.5. The molecule has 81 heavy (non-hydrogen) atoms. The largest absolute Gasteiger partial charge is 0.456 e. The SMILES string of the molecule is [2H]c1c([2H])c([2H])c(-c2cccc3c2sc2c3ccc3c4ccc5c6ccccc6sc5c4n(-c4c(C#N)c(-c5ccccc5)c([N+]#[C-])c(-n5c6ccccc6c6ccc(-c7cccc8oc9ccccc9c78)cc65)c4-c4ccccc4)c32)c([2H])c1[2H]. The topological polar surface area (TPSA) is 51.1 Å². The van der Waals surface area contributed by atoms with E-state index in [2.05, 4.69) is 129 Å². The monoisotopic (exact) mass is 1070 g/mol. The van der Waals surface area contributed by atoms with Crippen LogP contribution in [0.4, 0.5) is 5.69 Å². The Balaban J connectivity index is 1.11. The maximum absolute atomic E-state index is 12.4. The Morgan fingerprint density at radius 2 is 1.02 bits per heavy atom. The first-order valence-electron chi connectivity index (χ1n) is 29.1. The van der Waals surface area contributed by atoms with Gasteiger partial charge in [0.05, 0.1) is 61.8 Å². The van der Waals surface area contributed by atoms with Crippen molar-refractivity contribution >= 4 is 134 Å². The molecule has 0 unspecified atom stereocenters. The lowest BCUT2D eigenvalue weighted by Gasteiger charge is -2.26. The predicted molar refractivity (Wildman–Crippen MR) is 341 cm³/mol. The smallest absolute Gasteiger partial charge is 0.220 e. The second kappa shape index (κ2) is 17.5. The quantitative estimate of drug-likeness (QED) is 0.156. The molecule has 0 spiro atoms. The highest BCUT2D eigenvalue weighted by molar-refractivity contribution is 7.27. The summed E-state index contributed by atoms with van der Waals surface area (Å²) in [4.78, 5) is 4.63. The highest BCUT2D eigenvalue weighted by atomic mass is 32.1. The Morgan fingerprint density at radius 3 is 1.79 bits per heavy atom. The van der Waals surface area contributed by atoms with Gasteiger partial charge in [0.25, 0.3) is 0 Å². The first-order chi connectivity index (χ1) is 42.2. The molecule has 0 saturated heterocycles. The van der Waals surface area contributed by atoms with Gasteiger partial charge in [-0.15, -0.1) is 22.7 Å². The van der Waals surface area contributed by atoms with Crippen LogP contribution >= 0.6 is 22.7 Å². The molecule has 374 valence electrons. The lowest BCUT2D eigenvalue weighted by molar-refractivity contribution is 0.669. The molecule has 0 aliphatic rings. The molecule has 17 aromatic rings. The third-order valence-electron chi connectivity index (χ3n) is 16.3. The summed E-state index contributed by atoms with van der Waals surface area (Å²) < 4.78 is 59.2. The minimum absolute atomic E-state index is 0.131. The number of fused-ring (bicyclic) bond motifs is 17. The summed E-state index contributed by atoms with van der Waals surface area (Å²) in [6, 6.07) is 73.2. The zero-order chi connectivity index (χ0) is 57.8. The van der Waals surface area contributed by atoms with Gasteiger partial charge in [0.15, 0.2) is 0 Å². The third kappa shape index (κ3) is 6.45. The Morgan fingerprint density at radius 1 is 0.444 bits per heavy atom. The molecule has 0 aliphatic carbocycles. The second-order valence-corrected chi connectivity index (χ2v) is 22.5. The van der Waals surface area contributed by atoms with Crippen LogP contribution in [0.1, 0.15) is 12.4 Å². The molecular weight excluding hydrogens is 1020 g/mol. The Labute approximate surface area is 478 Å². The van der Waals surface area contributed by atoms with Crippen molar-refractivity contribution in [2.24, 2.45) is 0 Å². The van der Waals surface area contributed by atoms with Crippen molar-refractivity contribution in [3.63, 3.8) is 0 Å². The number of thiophene rings is 2. The van der Waals surface area contributed by atoms with E-state index in [9.17, 15) is 14.6 Å². The number of benzene rings is 12. The number of hydrogen-bond donors (Lipinski definition) is 0. The van der Waals surface area contributed by atoms with Crippen molar-refractivity contribution < 1.29 is 11.3 Å². The molecule has 0 saturated carbocycles. The van der Waals surface area contributed by atoms with E-state index in [1.807, 2.05) is 103 Å². The first kappa shape index (κ1) is 40.6. The lowest BCUT2D eigenvalue weighted by Crippen LogP contribution is -2.09. The van der Waals surface area contributed by atoms with Crippen molar-refractivity contribution in [2.75, 3.05) is 0 Å². The fourth-order valence-electron chi connectivity index (χ4n) is 12.9. The van der Waals surface area contributed by atoms with Gasteiger partial charge in [0.2, 0.25) is 5.69 Å². The van der Waals surface area contributed by atoms with Crippen LogP contribution < -0.4 is 0 Å². The van der Waals surface area contributed by atoms with E-state index in [-0.39, 0.29) is 17.6 Å². The van der Waals surface area contributed by atoms with Gasteiger partial charge in [-0.1, -0.05) is 212 Å². The molecule has 5 heterocycles. The van der Waals surface area contributed by atoms with E-state index in [0.717, 1.165) is 123 Å². The van der Waals surface area contributed by atoms with E-state index in [4.69, 9.17) is 8.53 Å². The highest BCUT2D eigenvalue weighted by Gasteiger charge is 2.33. The van der Waals surface area contributed by atoms with E-state index in [1.54, 1.807) is 11.3 Å². The first-order valence-corrected chi connectivity index (χ1v) is 28.2. The number of nitrogens with zero attached hydrogens (tertiary/aromatic N) is 4. The molecule has 0 atom stereocenters. The molecular formula is C74H40N4OS2. The number of aromatic nitrogens is 2. The summed E-state index contributed by atoms with van der Waals surface area (Å²) in [5.74, 6) is 0. The number of nitriles is 1. The van der Waals surface area contributed by atoms with Gasteiger partial charge in [0, 0.05) is 74.4 Å². The molecule has 0 bridgehead atoms. The Bertz CT molecular complexity index is 5910. The van der Waals surface area contributed by atoms with Crippen molar-refractivity contribution in [3.05, 3.63) is 260 Å². The summed E-state index contributed by atoms with van der Waals surface area (Å²) in [6.07, 6.45) is 0. The molecule has 0 aliphatic heterocycles. The molecule has 12 aromatic carbocycles. The third-order valence-corrected chi connectivity index (χ3v) is 18.7. The van der Waals surface area contributed by atoms with Gasteiger partial charge in [-0.05, 0) is 63.7 Å². The van der Waals surface area contributed by atoms with Gasteiger partial charge >= 0.3 is 0 Å². The summed E-state index contributed by atoms with van der Waals surface area (Å²) in [7, 11) is 0. The van der Waals surface area contributed by atoms with Crippen LogP contribution in [0.15, 0.2) is 247 Å². The number of para-hydroxylation sites is 2. The van der Waals surface area contributed by atoms with Crippen molar-refractivity contribution in [3.8, 4) is 62.0 Å². The standard InChI is InChI=1S/C74H40N4OS2/c1-76-67-64(44-21-7-3-8-22-44)58(42-75)68(78-69-52(37-39-55-51-26-13-16-34-63(51)80-73(55)69)53-38-40-56-54-30-17-29-48(43-19-5-2-6-20-43)72(54)81-74(56)70(53)78)65(45-23-9-4-10-24-45)71(67)77-59-31-14-11-25-49(59)50-36-35-46(41-60(50)77)47-28-18-33-62-66(47)57-27-12-15-32-61(57)79-62/h2-41H/i2D,5D,6D,19D,20D. The van der Waals surface area contributed by atoms with Crippen LogP contribution in [0.2, 0.25) is 0 Å². The number of furan rings is 1. The summed E-state index contributed by atoms with van der Waals surface area (Å²) in [6.45, 7) is 9.58. The van der Waals surface area contributed by atoms with Crippen molar-refractivity contribution in [2.45, 2.75) is 0 Å². The van der Waals surface area contributed by atoms with E-state index >= 15 is 0 Å². The molecule has 17 rings (SSSR count). The minimum Gasteiger partial charge on any atom is -0.456 e. The van der Waals surface area contributed by atoms with E-state index < -0.39 is 18.1 Å². The molecule has 0 fully saturated rings. The van der Waals surface area contributed by atoms with Crippen LogP contribution in [0.5, 0.6) is 0 Å². The van der Waals surface area contributed by atoms with Gasteiger partial charge < -0.3 is 13.6 Å². The number of rotatable bonds is 6. The fourth-order valence-corrected chi connectivity index (χ4v) is 15.5. The molecule has 5 nitrogen and oxygen atoms in total. The average Bonchev–Trinajstić information content (AvgIpc) is 1.65. The van der Waals surface area contributed by atoms with Gasteiger partial charge in [-0.2, -0.15) is 5.26 Å². The van der Waals surface area contributed by atoms with Gasteiger partial charge in [-0.3, -0.25) is 0 Å². The molecule has 0 N–H and O–H groups in total. The van der Waals surface area contributed by atoms with Crippen LogP contribution in [0, 0.1) is 17.9 Å². The van der Waals surface area contributed by atoms with Gasteiger partial charge in [-0.25, -0.2) is 4.85 Å². The summed E-state index contributed by atoms with van der Waals surface area (Å²) in [5, 5.41) is 22.3. The maximum atomic E-state index is 12.4. The second-order valence-electron chi connectivity index (χ2n) is 20.4. The fraction of sp³-hybridized carbons (Fsp3) is 0. The summed E-state index contributed by atoms with van der Waals surface area (Å²) >= 11 is 3.22. The highest BCUT2D eigenvalue weighted by Crippen LogP contribution is 2.55. The van der Waals surface area contributed by atoms with Gasteiger partial charge in [0.1, 0.15) is 17.2 Å². The molecule has 0 amide bonds. The average molecular weight is 1070 g/mol. The maximum Gasteiger partial charge on any atom is 0.220 e. The van der Waals surface area contributed by atoms with Crippen LogP contribution in [0.3, 0.4) is 0 Å². The predicted octanol–water partition coefficient (Wildman–Crippen LogP) is 21.6. The molecule has 5 aromatic heterocycles. The minimum atomic E-state index is -0.450. The van der Waals surface area contributed by atoms with E-state index in [0.29, 0.717) is 44.9 Å². The van der Waals surface area contributed by atoms with E-state index in [1.165, 1.54) is 11.3 Å².